The van der Waals surface area contributed by atoms with Crippen LogP contribution in [0.25, 0.3) is 11.1 Å². The first kappa shape index (κ1) is 10.2. The third kappa shape index (κ3) is 1.86. The molecule has 2 aromatic rings. The van der Waals surface area contributed by atoms with Crippen molar-refractivity contribution >= 4 is 0 Å². The van der Waals surface area contributed by atoms with E-state index in [2.05, 4.69) is 11.1 Å². The number of hydrogen-bond donors (Lipinski definition) is 0. The maximum absolute atomic E-state index is 8.98. The van der Waals surface area contributed by atoms with Crippen LogP contribution in [0.5, 0.6) is 5.75 Å². The van der Waals surface area contributed by atoms with Crippen LogP contribution < -0.4 is 4.74 Å². The van der Waals surface area contributed by atoms with Crippen LogP contribution in [-0.4, -0.2) is 12.1 Å². The minimum atomic E-state index is 0.531. The molecule has 0 unspecified atom stereocenters. The minimum absolute atomic E-state index is 0.531. The maximum Gasteiger partial charge on any atom is 0.136 e. The van der Waals surface area contributed by atoms with Gasteiger partial charge in [-0.3, -0.25) is 4.98 Å². The van der Waals surface area contributed by atoms with E-state index in [1.165, 1.54) is 0 Å². The largest absolute Gasteiger partial charge is 0.495 e. The Hall–Kier alpha value is -2.34. The van der Waals surface area contributed by atoms with Crippen LogP contribution in [0.3, 0.4) is 0 Å². The lowest BCUT2D eigenvalue weighted by Crippen LogP contribution is -1.88. The van der Waals surface area contributed by atoms with Crippen LogP contribution in [0.15, 0.2) is 42.7 Å². The number of hydrogen-bond acceptors (Lipinski definition) is 3. The number of nitrogens with zero attached hydrogens (tertiary/aromatic N) is 2. The van der Waals surface area contributed by atoms with Gasteiger partial charge in [0.2, 0.25) is 0 Å². The van der Waals surface area contributed by atoms with E-state index in [0.717, 1.165) is 11.1 Å². The van der Waals surface area contributed by atoms with Crippen LogP contribution in [0.4, 0.5) is 0 Å². The van der Waals surface area contributed by atoms with Crippen molar-refractivity contribution in [1.29, 1.82) is 5.26 Å². The first-order chi connectivity index (χ1) is 7.85. The van der Waals surface area contributed by atoms with Gasteiger partial charge in [0.05, 0.1) is 12.7 Å². The molecule has 0 atom stereocenters. The lowest BCUT2D eigenvalue weighted by atomic mass is 10.0. The summed E-state index contributed by atoms with van der Waals surface area (Å²) >= 11 is 0. The second kappa shape index (κ2) is 4.45. The summed E-state index contributed by atoms with van der Waals surface area (Å²) in [6.45, 7) is 0. The monoisotopic (exact) mass is 210 g/mol. The zero-order chi connectivity index (χ0) is 11.4. The van der Waals surface area contributed by atoms with Crippen molar-refractivity contribution in [2.24, 2.45) is 0 Å². The van der Waals surface area contributed by atoms with E-state index in [1.807, 2.05) is 18.2 Å². The first-order valence-corrected chi connectivity index (χ1v) is 4.83. The number of methoxy groups -OCH3 is 1. The Balaban J connectivity index is 2.49. The second-order valence-corrected chi connectivity index (χ2v) is 3.27. The molecule has 2 rings (SSSR count). The van der Waals surface area contributed by atoms with E-state index in [0.29, 0.717) is 11.3 Å². The number of aromatic nitrogens is 1. The highest BCUT2D eigenvalue weighted by Crippen LogP contribution is 2.25. The maximum atomic E-state index is 8.98. The van der Waals surface area contributed by atoms with Crippen LogP contribution in [0.2, 0.25) is 0 Å². The zero-order valence-electron chi connectivity index (χ0n) is 8.84. The quantitative estimate of drug-likeness (QED) is 0.765. The van der Waals surface area contributed by atoms with Crippen molar-refractivity contribution in [3.63, 3.8) is 0 Å². The molecule has 0 bridgehead atoms. The lowest BCUT2D eigenvalue weighted by Gasteiger charge is -2.05. The summed E-state index contributed by atoms with van der Waals surface area (Å²) in [7, 11) is 1.56. The second-order valence-electron chi connectivity index (χ2n) is 3.27. The minimum Gasteiger partial charge on any atom is -0.495 e. The molecule has 78 valence electrons. The summed E-state index contributed by atoms with van der Waals surface area (Å²) in [5, 5.41) is 8.98. The summed E-state index contributed by atoms with van der Waals surface area (Å²) in [6, 6.07) is 11.4. The van der Waals surface area contributed by atoms with E-state index in [4.69, 9.17) is 10.00 Å². The van der Waals surface area contributed by atoms with Gasteiger partial charge >= 0.3 is 0 Å². The topological polar surface area (TPSA) is 45.9 Å². The highest BCUT2D eigenvalue weighted by molar-refractivity contribution is 5.66. The predicted molar refractivity (Wildman–Crippen MR) is 60.9 cm³/mol. The summed E-state index contributed by atoms with van der Waals surface area (Å²) in [5.41, 5.74) is 2.48. The Morgan fingerprint density at radius 3 is 2.75 bits per heavy atom. The third-order valence-electron chi connectivity index (χ3n) is 2.31. The molecule has 0 amide bonds. The molecule has 0 radical (unpaired) electrons. The van der Waals surface area contributed by atoms with Crippen molar-refractivity contribution < 1.29 is 4.74 Å². The van der Waals surface area contributed by atoms with Gasteiger partial charge in [-0.05, 0) is 23.8 Å². The molecule has 0 N–H and O–H groups in total. The summed E-state index contributed by atoms with van der Waals surface area (Å²) in [4.78, 5) is 4.04. The number of nitriles is 1. The average Bonchev–Trinajstić information content (AvgIpc) is 2.39. The highest BCUT2D eigenvalue weighted by atomic mass is 16.5. The predicted octanol–water partition coefficient (Wildman–Crippen LogP) is 2.63. The van der Waals surface area contributed by atoms with Gasteiger partial charge < -0.3 is 4.74 Å². The molecule has 1 heterocycles. The van der Waals surface area contributed by atoms with Crippen molar-refractivity contribution in [2.75, 3.05) is 7.11 Å². The smallest absolute Gasteiger partial charge is 0.136 e. The van der Waals surface area contributed by atoms with E-state index in [-0.39, 0.29) is 0 Å². The molecule has 0 spiro atoms. The lowest BCUT2D eigenvalue weighted by molar-refractivity contribution is 0.413. The van der Waals surface area contributed by atoms with Crippen LogP contribution in [-0.2, 0) is 0 Å². The molecule has 1 aromatic heterocycles. The van der Waals surface area contributed by atoms with Crippen molar-refractivity contribution in [2.45, 2.75) is 0 Å². The molecule has 0 fully saturated rings. The summed E-state index contributed by atoms with van der Waals surface area (Å²) in [5.74, 6) is 0.593. The van der Waals surface area contributed by atoms with Gasteiger partial charge in [-0.2, -0.15) is 5.26 Å². The van der Waals surface area contributed by atoms with Crippen LogP contribution in [0.1, 0.15) is 5.56 Å². The molecule has 0 aliphatic heterocycles. The fourth-order valence-electron chi connectivity index (χ4n) is 1.51. The Labute approximate surface area is 93.9 Å². The van der Waals surface area contributed by atoms with Gasteiger partial charge in [-0.1, -0.05) is 12.1 Å². The molecular formula is C13H10N2O. The molecule has 0 aliphatic carbocycles. The Kier molecular flexibility index (Phi) is 2.84. The zero-order valence-corrected chi connectivity index (χ0v) is 8.84. The van der Waals surface area contributed by atoms with Gasteiger partial charge in [0.15, 0.2) is 0 Å². The molecule has 3 nitrogen and oxygen atoms in total. The number of rotatable bonds is 2. The Morgan fingerprint density at radius 1 is 1.25 bits per heavy atom. The van der Waals surface area contributed by atoms with Gasteiger partial charge in [-0.15, -0.1) is 0 Å². The average molecular weight is 210 g/mol. The third-order valence-corrected chi connectivity index (χ3v) is 2.31. The van der Waals surface area contributed by atoms with E-state index < -0.39 is 0 Å². The highest BCUT2D eigenvalue weighted by Gasteiger charge is 2.04. The Bertz CT molecular complexity index is 529. The standard InChI is InChI=1S/C13H10N2O/c1-16-13-5-4-10(7-12(13)8-14)11-3-2-6-15-9-11/h2-7,9H,1H3. The van der Waals surface area contributed by atoms with Crippen molar-refractivity contribution in [3.05, 3.63) is 48.3 Å². The molecular weight excluding hydrogens is 200 g/mol. The van der Waals surface area contributed by atoms with Crippen LogP contribution >= 0.6 is 0 Å². The fourth-order valence-corrected chi connectivity index (χ4v) is 1.51. The summed E-state index contributed by atoms with van der Waals surface area (Å²) in [6.07, 6.45) is 3.49. The van der Waals surface area contributed by atoms with Gasteiger partial charge in [0.1, 0.15) is 11.8 Å². The molecule has 1 aromatic carbocycles. The Morgan fingerprint density at radius 2 is 2.12 bits per heavy atom. The molecule has 0 saturated heterocycles. The molecule has 0 aliphatic rings. The van der Waals surface area contributed by atoms with Crippen molar-refractivity contribution in [1.82, 2.24) is 4.98 Å². The normalized spacial score (nSPS) is 9.50. The van der Waals surface area contributed by atoms with Crippen molar-refractivity contribution in [3.8, 4) is 22.9 Å². The van der Waals surface area contributed by atoms with E-state index >= 15 is 0 Å². The van der Waals surface area contributed by atoms with Gasteiger partial charge in [0, 0.05) is 18.0 Å². The van der Waals surface area contributed by atoms with E-state index in [1.54, 1.807) is 31.6 Å². The van der Waals surface area contributed by atoms with Crippen LogP contribution in [0, 0.1) is 11.3 Å². The number of ether oxygens (including phenoxy) is 1. The fraction of sp³-hybridized carbons (Fsp3) is 0.0769. The molecule has 0 saturated carbocycles. The molecule has 16 heavy (non-hydrogen) atoms. The number of benzene rings is 1. The number of pyridine rings is 1. The summed E-state index contributed by atoms with van der Waals surface area (Å²) < 4.78 is 5.09. The van der Waals surface area contributed by atoms with E-state index in [9.17, 15) is 0 Å². The molecule has 3 heteroatoms. The SMILES string of the molecule is COc1ccc(-c2cccnc2)cc1C#N. The van der Waals surface area contributed by atoms with Gasteiger partial charge in [-0.25, -0.2) is 0 Å². The first-order valence-electron chi connectivity index (χ1n) is 4.83. The van der Waals surface area contributed by atoms with Gasteiger partial charge in [0.25, 0.3) is 0 Å².